The zero-order valence-corrected chi connectivity index (χ0v) is 16.3. The van der Waals surface area contributed by atoms with E-state index < -0.39 is 21.6 Å². The van der Waals surface area contributed by atoms with E-state index in [4.69, 9.17) is 5.73 Å². The molecule has 1 rings (SSSR count). The minimum Gasteiger partial charge on any atom is -0.348 e. The number of hydrogen-bond donors (Lipinski definition) is 3. The van der Waals surface area contributed by atoms with E-state index in [9.17, 15) is 13.2 Å². The van der Waals surface area contributed by atoms with Gasteiger partial charge in [0.25, 0.3) is 10.0 Å². The second kappa shape index (κ2) is 8.98. The third kappa shape index (κ3) is 6.76. The fourth-order valence-corrected chi connectivity index (χ4v) is 4.47. The summed E-state index contributed by atoms with van der Waals surface area (Å²) in [5, 5.41) is 4.53. The highest BCUT2D eigenvalue weighted by Crippen LogP contribution is 2.17. The number of rotatable bonds is 8. The van der Waals surface area contributed by atoms with Gasteiger partial charge in [0, 0.05) is 12.1 Å². The largest absolute Gasteiger partial charge is 0.348 e. The monoisotopic (exact) mass is 383 g/mol. The van der Waals surface area contributed by atoms with Gasteiger partial charge in [-0.25, -0.2) is 8.42 Å². The summed E-state index contributed by atoms with van der Waals surface area (Å²) in [5.41, 5.74) is 5.21. The van der Waals surface area contributed by atoms with Crippen LogP contribution in [-0.4, -0.2) is 32.5 Å². The fraction of sp³-hybridized carbons (Fsp3) is 0.643. The maximum absolute atomic E-state index is 12.3. The Bertz CT molecular complexity index is 590. The average molecular weight is 384 g/mol. The van der Waals surface area contributed by atoms with Crippen LogP contribution >= 0.6 is 23.7 Å². The van der Waals surface area contributed by atoms with Crippen LogP contribution in [0.1, 0.15) is 34.1 Å². The van der Waals surface area contributed by atoms with Gasteiger partial charge in [-0.3, -0.25) is 4.79 Å². The molecule has 6 nitrogen and oxygen atoms in total. The average Bonchev–Trinajstić information content (AvgIpc) is 2.91. The van der Waals surface area contributed by atoms with Crippen LogP contribution < -0.4 is 15.8 Å². The Labute approximate surface area is 148 Å². The molecule has 0 aromatic carbocycles. The lowest BCUT2D eigenvalue weighted by Crippen LogP contribution is -2.57. The molecule has 9 heteroatoms. The lowest BCUT2D eigenvalue weighted by Gasteiger charge is -2.32. The summed E-state index contributed by atoms with van der Waals surface area (Å²) in [6, 6.07) is 2.28. The van der Waals surface area contributed by atoms with E-state index in [0.717, 1.165) is 17.8 Å². The molecule has 0 saturated heterocycles. The predicted octanol–water partition coefficient (Wildman–Crippen LogP) is 1.72. The molecule has 1 heterocycles. The summed E-state index contributed by atoms with van der Waals surface area (Å²) in [6.07, 6.45) is 0.722. The van der Waals surface area contributed by atoms with Crippen molar-refractivity contribution in [3.05, 3.63) is 17.5 Å². The van der Waals surface area contributed by atoms with Gasteiger partial charge in [-0.15, -0.1) is 23.7 Å². The molecule has 0 spiro atoms. The van der Waals surface area contributed by atoms with Crippen LogP contribution in [0.15, 0.2) is 21.7 Å². The Kier molecular flexibility index (Phi) is 8.72. The molecule has 0 aliphatic heterocycles. The van der Waals surface area contributed by atoms with E-state index in [0.29, 0.717) is 12.5 Å². The lowest BCUT2D eigenvalue weighted by atomic mass is 9.90. The van der Waals surface area contributed by atoms with E-state index in [-0.39, 0.29) is 22.5 Å². The van der Waals surface area contributed by atoms with Crippen LogP contribution in [0.3, 0.4) is 0 Å². The first-order valence-corrected chi connectivity index (χ1v) is 9.54. The van der Waals surface area contributed by atoms with Crippen molar-refractivity contribution in [2.45, 2.75) is 49.9 Å². The Morgan fingerprint density at radius 1 is 1.39 bits per heavy atom. The lowest BCUT2D eigenvalue weighted by molar-refractivity contribution is -0.124. The van der Waals surface area contributed by atoms with Crippen molar-refractivity contribution >= 4 is 39.7 Å². The SMILES string of the molecule is CC(C)CC(C)(CN)NC(=O)C(C)NS(=O)(=O)c1cccs1.Cl. The summed E-state index contributed by atoms with van der Waals surface area (Å²) in [4.78, 5) is 12.3. The van der Waals surface area contributed by atoms with Gasteiger partial charge in [-0.1, -0.05) is 19.9 Å². The molecule has 1 aromatic rings. The number of hydrogen-bond acceptors (Lipinski definition) is 5. The Balaban J connectivity index is 0.00000484. The van der Waals surface area contributed by atoms with E-state index in [1.165, 1.54) is 13.0 Å². The molecular formula is C14H26ClN3O3S2. The quantitative estimate of drug-likeness (QED) is 0.636. The summed E-state index contributed by atoms with van der Waals surface area (Å²) in [7, 11) is -3.67. The molecule has 134 valence electrons. The number of amides is 1. The smallest absolute Gasteiger partial charge is 0.250 e. The second-order valence-corrected chi connectivity index (χ2v) is 9.02. The number of nitrogens with two attached hydrogens (primary N) is 1. The standard InChI is InChI=1S/C14H25N3O3S2.ClH/c1-10(2)8-14(4,9-15)16-13(18)11(3)17-22(19,20)12-6-5-7-21-12;/h5-7,10-11,17H,8-9,15H2,1-4H3,(H,16,18);1H. The normalized spacial score (nSPS) is 15.6. The number of carbonyl (C=O) groups excluding carboxylic acids is 1. The summed E-state index contributed by atoms with van der Waals surface area (Å²) in [6.45, 7) is 7.77. The molecule has 1 aromatic heterocycles. The van der Waals surface area contributed by atoms with Gasteiger partial charge in [0.2, 0.25) is 5.91 Å². The highest BCUT2D eigenvalue weighted by Gasteiger charge is 2.30. The maximum Gasteiger partial charge on any atom is 0.250 e. The molecule has 2 atom stereocenters. The van der Waals surface area contributed by atoms with Crippen LogP contribution in [0.5, 0.6) is 0 Å². The van der Waals surface area contributed by atoms with Crippen molar-refractivity contribution in [3.8, 4) is 0 Å². The molecular weight excluding hydrogens is 358 g/mol. The molecule has 0 aliphatic carbocycles. The summed E-state index contributed by atoms with van der Waals surface area (Å²) < 4.78 is 26.8. The Morgan fingerprint density at radius 3 is 2.43 bits per heavy atom. The van der Waals surface area contributed by atoms with Crippen LogP contribution in [0, 0.1) is 5.92 Å². The third-order valence-corrected chi connectivity index (χ3v) is 6.16. The maximum atomic E-state index is 12.3. The van der Waals surface area contributed by atoms with Gasteiger partial charge in [0.15, 0.2) is 0 Å². The molecule has 0 aliphatic rings. The first kappa shape index (κ1) is 22.3. The summed E-state index contributed by atoms with van der Waals surface area (Å²) in [5.74, 6) is -0.0132. The predicted molar refractivity (Wildman–Crippen MR) is 96.4 cm³/mol. The van der Waals surface area contributed by atoms with Crippen LogP contribution in [0.25, 0.3) is 0 Å². The fourth-order valence-electron chi connectivity index (χ4n) is 2.25. The molecule has 0 saturated carbocycles. The Hall–Kier alpha value is -0.670. The molecule has 0 fully saturated rings. The third-order valence-electron chi connectivity index (χ3n) is 3.22. The summed E-state index contributed by atoms with van der Waals surface area (Å²) >= 11 is 1.11. The molecule has 0 radical (unpaired) electrons. The van der Waals surface area contributed by atoms with Crippen LogP contribution in [0.2, 0.25) is 0 Å². The van der Waals surface area contributed by atoms with Crippen LogP contribution in [0.4, 0.5) is 0 Å². The first-order chi connectivity index (χ1) is 10.1. The van der Waals surface area contributed by atoms with Crippen molar-refractivity contribution in [3.63, 3.8) is 0 Å². The van der Waals surface area contributed by atoms with Gasteiger partial charge >= 0.3 is 0 Å². The van der Waals surface area contributed by atoms with E-state index in [1.54, 1.807) is 11.4 Å². The van der Waals surface area contributed by atoms with Gasteiger partial charge in [0.1, 0.15) is 4.21 Å². The van der Waals surface area contributed by atoms with Crippen molar-refractivity contribution in [2.75, 3.05) is 6.54 Å². The second-order valence-electron chi connectivity index (χ2n) is 6.13. The van der Waals surface area contributed by atoms with Gasteiger partial charge < -0.3 is 11.1 Å². The number of carbonyl (C=O) groups is 1. The zero-order valence-electron chi connectivity index (χ0n) is 13.8. The number of sulfonamides is 1. The van der Waals surface area contributed by atoms with Gasteiger partial charge in [-0.05, 0) is 37.6 Å². The highest BCUT2D eigenvalue weighted by atomic mass is 35.5. The van der Waals surface area contributed by atoms with Crippen molar-refractivity contribution in [1.82, 2.24) is 10.0 Å². The number of halogens is 1. The van der Waals surface area contributed by atoms with E-state index in [2.05, 4.69) is 10.0 Å². The molecule has 2 unspecified atom stereocenters. The topological polar surface area (TPSA) is 101 Å². The number of nitrogens with one attached hydrogen (secondary N) is 2. The molecule has 23 heavy (non-hydrogen) atoms. The molecule has 1 amide bonds. The first-order valence-electron chi connectivity index (χ1n) is 7.17. The van der Waals surface area contributed by atoms with Crippen molar-refractivity contribution in [2.24, 2.45) is 11.7 Å². The van der Waals surface area contributed by atoms with Gasteiger partial charge in [-0.2, -0.15) is 4.72 Å². The minimum absolute atomic E-state index is 0. The van der Waals surface area contributed by atoms with E-state index >= 15 is 0 Å². The van der Waals surface area contributed by atoms with E-state index in [1.807, 2.05) is 20.8 Å². The Morgan fingerprint density at radius 2 is 2.00 bits per heavy atom. The zero-order chi connectivity index (χ0) is 17.0. The highest BCUT2D eigenvalue weighted by molar-refractivity contribution is 7.91. The van der Waals surface area contributed by atoms with Crippen molar-refractivity contribution < 1.29 is 13.2 Å². The molecule has 4 N–H and O–H groups in total. The minimum atomic E-state index is -3.67. The van der Waals surface area contributed by atoms with Gasteiger partial charge in [0.05, 0.1) is 6.04 Å². The van der Waals surface area contributed by atoms with Crippen molar-refractivity contribution in [1.29, 1.82) is 0 Å². The molecule has 0 bridgehead atoms. The number of thiophene rings is 1. The van der Waals surface area contributed by atoms with Crippen LogP contribution in [-0.2, 0) is 14.8 Å².